The summed E-state index contributed by atoms with van der Waals surface area (Å²) in [5, 5.41) is 1.19. The van der Waals surface area contributed by atoms with Gasteiger partial charge in [0.15, 0.2) is 0 Å². The number of carbonyl (C=O) groups is 1. The molecule has 25 heavy (non-hydrogen) atoms. The number of methoxy groups -OCH3 is 2. The van der Waals surface area contributed by atoms with E-state index < -0.39 is 0 Å². The van der Waals surface area contributed by atoms with Crippen molar-refractivity contribution in [2.45, 2.75) is 13.0 Å². The normalized spacial score (nSPS) is 13.6. The quantitative estimate of drug-likeness (QED) is 0.798. The number of hydrogen-bond donors (Lipinski definition) is 1. The summed E-state index contributed by atoms with van der Waals surface area (Å²) in [4.78, 5) is 18.1. The summed E-state index contributed by atoms with van der Waals surface area (Å²) in [5.41, 5.74) is 4.16. The summed E-state index contributed by atoms with van der Waals surface area (Å²) in [6.45, 7) is 1.30. The summed E-state index contributed by atoms with van der Waals surface area (Å²) in [6.07, 6.45) is 0.838. The average Bonchev–Trinajstić information content (AvgIpc) is 3.04. The number of nitrogens with zero attached hydrogens (tertiary/aromatic N) is 1. The molecular formula is C20H20N2O3. The summed E-state index contributed by atoms with van der Waals surface area (Å²) >= 11 is 0. The molecule has 0 aliphatic carbocycles. The van der Waals surface area contributed by atoms with Gasteiger partial charge >= 0.3 is 0 Å². The summed E-state index contributed by atoms with van der Waals surface area (Å²) in [7, 11) is 3.30. The Kier molecular flexibility index (Phi) is 3.84. The molecule has 0 fully saturated rings. The van der Waals surface area contributed by atoms with Crippen molar-refractivity contribution in [2.24, 2.45) is 0 Å². The number of fused-ring (bicyclic) bond motifs is 3. The monoisotopic (exact) mass is 336 g/mol. The molecule has 1 amide bonds. The second-order valence-electron chi connectivity index (χ2n) is 6.20. The van der Waals surface area contributed by atoms with Crippen molar-refractivity contribution in [2.75, 3.05) is 20.8 Å². The second kappa shape index (κ2) is 6.16. The van der Waals surface area contributed by atoms with Crippen LogP contribution in [-0.4, -0.2) is 36.6 Å². The van der Waals surface area contributed by atoms with E-state index in [0.29, 0.717) is 18.7 Å². The molecule has 1 aromatic heterocycles. The van der Waals surface area contributed by atoms with Crippen LogP contribution in [0, 0.1) is 0 Å². The Labute approximate surface area is 146 Å². The van der Waals surface area contributed by atoms with Crippen molar-refractivity contribution in [3.8, 4) is 11.5 Å². The maximum absolute atomic E-state index is 12.8. The van der Waals surface area contributed by atoms with Gasteiger partial charge in [-0.1, -0.05) is 0 Å². The molecule has 0 atom stereocenters. The molecule has 5 nitrogen and oxygen atoms in total. The fourth-order valence-corrected chi connectivity index (χ4v) is 3.44. The maximum atomic E-state index is 12.8. The molecule has 4 rings (SSSR count). The number of H-pyrrole nitrogens is 1. The van der Waals surface area contributed by atoms with Gasteiger partial charge in [-0.3, -0.25) is 4.79 Å². The van der Waals surface area contributed by atoms with Crippen molar-refractivity contribution in [1.82, 2.24) is 9.88 Å². The third kappa shape index (κ3) is 2.71. The van der Waals surface area contributed by atoms with Crippen LogP contribution in [0.1, 0.15) is 21.6 Å². The number of nitrogens with one attached hydrogen (secondary N) is 1. The number of carbonyl (C=O) groups excluding carboxylic acids is 1. The van der Waals surface area contributed by atoms with Crippen LogP contribution in [0.3, 0.4) is 0 Å². The van der Waals surface area contributed by atoms with Crippen LogP contribution in [0.2, 0.25) is 0 Å². The van der Waals surface area contributed by atoms with Gasteiger partial charge in [0.2, 0.25) is 0 Å². The van der Waals surface area contributed by atoms with Gasteiger partial charge in [-0.15, -0.1) is 0 Å². The van der Waals surface area contributed by atoms with Crippen molar-refractivity contribution < 1.29 is 14.3 Å². The number of rotatable bonds is 3. The van der Waals surface area contributed by atoms with Crippen LogP contribution in [0.25, 0.3) is 10.9 Å². The standard InChI is InChI=1S/C20H20N2O3/c1-24-14-5-3-13(4-6-14)20(23)22-10-9-16-17-11-15(25-2)7-8-18(17)21-19(16)12-22/h3-8,11,21H,9-10,12H2,1-2H3. The molecule has 0 radical (unpaired) electrons. The lowest BCUT2D eigenvalue weighted by Crippen LogP contribution is -2.35. The molecule has 0 saturated heterocycles. The van der Waals surface area contributed by atoms with E-state index in [1.54, 1.807) is 14.2 Å². The first-order valence-corrected chi connectivity index (χ1v) is 8.30. The molecule has 1 aliphatic rings. The van der Waals surface area contributed by atoms with Gasteiger partial charge in [-0.25, -0.2) is 0 Å². The van der Waals surface area contributed by atoms with E-state index in [1.807, 2.05) is 41.3 Å². The fourth-order valence-electron chi connectivity index (χ4n) is 3.44. The summed E-state index contributed by atoms with van der Waals surface area (Å²) < 4.78 is 10.5. The zero-order chi connectivity index (χ0) is 17.4. The Hall–Kier alpha value is -2.95. The summed E-state index contributed by atoms with van der Waals surface area (Å²) in [6, 6.07) is 13.3. The average molecular weight is 336 g/mol. The van der Waals surface area contributed by atoms with Gasteiger partial charge in [0, 0.05) is 28.7 Å². The SMILES string of the molecule is COc1ccc(C(=O)N2CCc3c([nH]c4ccc(OC)cc34)C2)cc1. The Morgan fingerprint density at radius 2 is 1.76 bits per heavy atom. The van der Waals surface area contributed by atoms with Gasteiger partial charge < -0.3 is 19.4 Å². The Morgan fingerprint density at radius 3 is 2.48 bits per heavy atom. The van der Waals surface area contributed by atoms with Gasteiger partial charge in [0.1, 0.15) is 11.5 Å². The van der Waals surface area contributed by atoms with Crippen molar-refractivity contribution in [3.63, 3.8) is 0 Å². The highest BCUT2D eigenvalue weighted by molar-refractivity contribution is 5.95. The van der Waals surface area contributed by atoms with Crippen molar-refractivity contribution >= 4 is 16.8 Å². The van der Waals surface area contributed by atoms with Crippen LogP contribution in [0.5, 0.6) is 11.5 Å². The van der Waals surface area contributed by atoms with Gasteiger partial charge in [-0.05, 0) is 54.4 Å². The zero-order valence-electron chi connectivity index (χ0n) is 14.3. The first kappa shape index (κ1) is 15.6. The summed E-state index contributed by atoms with van der Waals surface area (Å²) in [5.74, 6) is 1.65. The lowest BCUT2D eigenvalue weighted by atomic mass is 10.0. The predicted octanol–water partition coefficient (Wildman–Crippen LogP) is 3.38. The molecule has 0 unspecified atom stereocenters. The van der Waals surface area contributed by atoms with Crippen LogP contribution in [0.4, 0.5) is 0 Å². The van der Waals surface area contributed by atoms with Gasteiger partial charge in [-0.2, -0.15) is 0 Å². The Morgan fingerprint density at radius 1 is 1.04 bits per heavy atom. The zero-order valence-corrected chi connectivity index (χ0v) is 14.3. The van der Waals surface area contributed by atoms with E-state index in [-0.39, 0.29) is 5.91 Å². The number of hydrogen-bond acceptors (Lipinski definition) is 3. The van der Waals surface area contributed by atoms with E-state index >= 15 is 0 Å². The van der Waals surface area contributed by atoms with E-state index in [0.717, 1.165) is 29.1 Å². The number of benzene rings is 2. The van der Waals surface area contributed by atoms with Crippen molar-refractivity contribution in [1.29, 1.82) is 0 Å². The molecule has 1 aliphatic heterocycles. The molecule has 0 bridgehead atoms. The van der Waals surface area contributed by atoms with E-state index in [9.17, 15) is 4.79 Å². The first-order chi connectivity index (χ1) is 12.2. The van der Waals surface area contributed by atoms with Crippen LogP contribution < -0.4 is 9.47 Å². The largest absolute Gasteiger partial charge is 0.497 e. The molecule has 1 N–H and O–H groups in total. The molecule has 2 aromatic carbocycles. The number of aromatic nitrogens is 1. The van der Waals surface area contributed by atoms with Crippen LogP contribution in [-0.2, 0) is 13.0 Å². The highest BCUT2D eigenvalue weighted by atomic mass is 16.5. The predicted molar refractivity (Wildman–Crippen MR) is 96.3 cm³/mol. The topological polar surface area (TPSA) is 54.6 Å². The molecule has 128 valence electrons. The van der Waals surface area contributed by atoms with Gasteiger partial charge in [0.25, 0.3) is 5.91 Å². The highest BCUT2D eigenvalue weighted by Gasteiger charge is 2.24. The molecule has 3 aromatic rings. The third-order valence-corrected chi connectivity index (χ3v) is 4.81. The molecule has 5 heteroatoms. The molecule has 0 saturated carbocycles. The third-order valence-electron chi connectivity index (χ3n) is 4.81. The molecule has 2 heterocycles. The highest BCUT2D eigenvalue weighted by Crippen LogP contribution is 2.30. The Bertz CT molecular complexity index is 928. The minimum Gasteiger partial charge on any atom is -0.497 e. The molecular weight excluding hydrogens is 316 g/mol. The first-order valence-electron chi connectivity index (χ1n) is 8.30. The van der Waals surface area contributed by atoms with Gasteiger partial charge in [0.05, 0.1) is 20.8 Å². The Balaban J connectivity index is 1.60. The van der Waals surface area contributed by atoms with E-state index in [4.69, 9.17) is 9.47 Å². The minimum atomic E-state index is 0.0459. The van der Waals surface area contributed by atoms with E-state index in [2.05, 4.69) is 11.1 Å². The minimum absolute atomic E-state index is 0.0459. The van der Waals surface area contributed by atoms with Crippen LogP contribution >= 0.6 is 0 Å². The lowest BCUT2D eigenvalue weighted by Gasteiger charge is -2.27. The van der Waals surface area contributed by atoms with Crippen LogP contribution in [0.15, 0.2) is 42.5 Å². The number of aromatic amines is 1. The number of amides is 1. The lowest BCUT2D eigenvalue weighted by molar-refractivity contribution is 0.0733. The number of ether oxygens (including phenoxy) is 2. The maximum Gasteiger partial charge on any atom is 0.254 e. The smallest absolute Gasteiger partial charge is 0.254 e. The van der Waals surface area contributed by atoms with Crippen molar-refractivity contribution in [3.05, 3.63) is 59.3 Å². The molecule has 0 spiro atoms. The van der Waals surface area contributed by atoms with E-state index in [1.165, 1.54) is 10.9 Å². The fraction of sp³-hybridized carbons (Fsp3) is 0.250. The second-order valence-corrected chi connectivity index (χ2v) is 6.20.